The molecule has 28 heavy (non-hydrogen) atoms. The number of ether oxygens (including phenoxy) is 1. The van der Waals surface area contributed by atoms with E-state index in [0.29, 0.717) is 12.2 Å². The Bertz CT molecular complexity index is 841. The van der Waals surface area contributed by atoms with Crippen LogP contribution in [0.3, 0.4) is 0 Å². The Morgan fingerprint density at radius 3 is 2.54 bits per heavy atom. The number of rotatable bonds is 9. The number of nitrogens with one attached hydrogen (secondary N) is 1. The first-order valence-corrected chi connectivity index (χ1v) is 8.63. The summed E-state index contributed by atoms with van der Waals surface area (Å²) in [5, 5.41) is 22.7. The van der Waals surface area contributed by atoms with Crippen molar-refractivity contribution in [1.29, 1.82) is 0 Å². The minimum absolute atomic E-state index is 0.0850. The average molecular weight is 387 g/mol. The predicted octanol–water partition coefficient (Wildman–Crippen LogP) is 2.21. The maximum absolute atomic E-state index is 12.4. The van der Waals surface area contributed by atoms with Gasteiger partial charge in [0.05, 0.1) is 17.1 Å². The zero-order valence-corrected chi connectivity index (χ0v) is 15.3. The monoisotopic (exact) mass is 387 g/mol. The van der Waals surface area contributed by atoms with Gasteiger partial charge in [-0.25, -0.2) is 4.79 Å². The number of para-hydroxylation sites is 1. The Kier molecular flexibility index (Phi) is 7.46. The van der Waals surface area contributed by atoms with Crippen LogP contribution in [-0.2, 0) is 9.53 Å². The molecule has 0 radical (unpaired) electrons. The van der Waals surface area contributed by atoms with Gasteiger partial charge in [0, 0.05) is 36.6 Å². The highest BCUT2D eigenvalue weighted by Crippen LogP contribution is 2.23. The molecule has 0 spiro atoms. The van der Waals surface area contributed by atoms with E-state index in [1.165, 1.54) is 17.0 Å². The first-order valence-electron chi connectivity index (χ1n) is 8.63. The lowest BCUT2D eigenvalue weighted by molar-refractivity contribution is -0.384. The molecule has 0 fully saturated rings. The highest BCUT2D eigenvalue weighted by atomic mass is 16.6. The number of likely N-dealkylation sites (N-methyl/N-ethyl adjacent to an activating group) is 1. The summed E-state index contributed by atoms with van der Waals surface area (Å²) in [6.45, 7) is 1.63. The molecule has 2 aromatic rings. The number of hydrogen-bond acceptors (Lipinski definition) is 7. The van der Waals surface area contributed by atoms with Crippen molar-refractivity contribution < 1.29 is 24.4 Å². The van der Waals surface area contributed by atoms with Crippen LogP contribution in [0.25, 0.3) is 0 Å². The molecule has 0 aliphatic rings. The van der Waals surface area contributed by atoms with Gasteiger partial charge in [-0.15, -0.1) is 0 Å². The molecule has 0 atom stereocenters. The van der Waals surface area contributed by atoms with Crippen LogP contribution in [0.15, 0.2) is 48.5 Å². The van der Waals surface area contributed by atoms with Crippen LogP contribution in [0.1, 0.15) is 17.3 Å². The van der Waals surface area contributed by atoms with Crippen LogP contribution in [0.5, 0.6) is 0 Å². The van der Waals surface area contributed by atoms with E-state index in [1.807, 2.05) is 6.07 Å². The SMILES string of the molecule is CCN(C(=O)COC(=O)c1cc([N+](=O)[O-])ccc1NCCO)c1ccccc1. The summed E-state index contributed by atoms with van der Waals surface area (Å²) in [5.41, 5.74) is 0.574. The highest BCUT2D eigenvalue weighted by Gasteiger charge is 2.21. The van der Waals surface area contributed by atoms with E-state index in [-0.39, 0.29) is 30.1 Å². The van der Waals surface area contributed by atoms with Crippen molar-refractivity contribution in [2.24, 2.45) is 0 Å². The molecule has 0 saturated heterocycles. The van der Waals surface area contributed by atoms with Crippen molar-refractivity contribution in [3.05, 3.63) is 64.2 Å². The fourth-order valence-electron chi connectivity index (χ4n) is 2.55. The van der Waals surface area contributed by atoms with Gasteiger partial charge >= 0.3 is 5.97 Å². The molecule has 2 N–H and O–H groups in total. The van der Waals surface area contributed by atoms with Crippen molar-refractivity contribution in [1.82, 2.24) is 0 Å². The number of benzene rings is 2. The van der Waals surface area contributed by atoms with E-state index >= 15 is 0 Å². The van der Waals surface area contributed by atoms with E-state index in [0.717, 1.165) is 6.07 Å². The second-order valence-corrected chi connectivity index (χ2v) is 5.69. The second kappa shape index (κ2) is 10.0. The summed E-state index contributed by atoms with van der Waals surface area (Å²) < 4.78 is 5.09. The van der Waals surface area contributed by atoms with Crippen molar-refractivity contribution in [2.75, 3.05) is 36.5 Å². The molecule has 2 aromatic carbocycles. The molecule has 0 heterocycles. The van der Waals surface area contributed by atoms with E-state index in [9.17, 15) is 19.7 Å². The Balaban J connectivity index is 2.13. The number of nitro groups is 1. The van der Waals surface area contributed by atoms with Gasteiger partial charge in [-0.2, -0.15) is 0 Å². The quantitative estimate of drug-likeness (QED) is 0.384. The number of carbonyl (C=O) groups excluding carboxylic acids is 2. The van der Waals surface area contributed by atoms with Gasteiger partial charge in [0.1, 0.15) is 0 Å². The van der Waals surface area contributed by atoms with Gasteiger partial charge < -0.3 is 20.1 Å². The fraction of sp³-hybridized carbons (Fsp3) is 0.263. The van der Waals surface area contributed by atoms with Crippen LogP contribution in [0.2, 0.25) is 0 Å². The van der Waals surface area contributed by atoms with E-state index in [4.69, 9.17) is 9.84 Å². The van der Waals surface area contributed by atoms with Gasteiger partial charge in [0.2, 0.25) is 0 Å². The van der Waals surface area contributed by atoms with Crippen LogP contribution in [0, 0.1) is 10.1 Å². The van der Waals surface area contributed by atoms with Crippen LogP contribution < -0.4 is 10.2 Å². The molecule has 0 saturated carbocycles. The number of carbonyl (C=O) groups is 2. The number of aliphatic hydroxyl groups excluding tert-OH is 1. The largest absolute Gasteiger partial charge is 0.452 e. The average Bonchev–Trinajstić information content (AvgIpc) is 2.71. The minimum atomic E-state index is -0.874. The molecule has 0 aliphatic carbocycles. The number of non-ortho nitro benzene ring substituents is 1. The van der Waals surface area contributed by atoms with Crippen molar-refractivity contribution >= 4 is 28.9 Å². The fourth-order valence-corrected chi connectivity index (χ4v) is 2.55. The Morgan fingerprint density at radius 1 is 1.21 bits per heavy atom. The zero-order valence-electron chi connectivity index (χ0n) is 15.3. The Hall–Kier alpha value is -3.46. The maximum atomic E-state index is 12.4. The lowest BCUT2D eigenvalue weighted by atomic mass is 10.1. The highest BCUT2D eigenvalue weighted by molar-refractivity contribution is 5.99. The molecule has 2 rings (SSSR count). The van der Waals surface area contributed by atoms with Crippen LogP contribution >= 0.6 is 0 Å². The molecule has 1 amide bonds. The molecule has 0 unspecified atom stereocenters. The van der Waals surface area contributed by atoms with E-state index in [2.05, 4.69) is 5.32 Å². The summed E-state index contributed by atoms with van der Waals surface area (Å²) in [4.78, 5) is 36.7. The van der Waals surface area contributed by atoms with Crippen LogP contribution in [-0.4, -0.2) is 48.2 Å². The zero-order chi connectivity index (χ0) is 20.5. The number of nitro benzene ring substituents is 1. The first-order chi connectivity index (χ1) is 13.5. The van der Waals surface area contributed by atoms with Gasteiger partial charge in [-0.3, -0.25) is 14.9 Å². The molecule has 0 bridgehead atoms. The number of aliphatic hydroxyl groups is 1. The molecule has 9 heteroatoms. The van der Waals surface area contributed by atoms with Gasteiger partial charge in [-0.1, -0.05) is 18.2 Å². The van der Waals surface area contributed by atoms with E-state index < -0.39 is 23.4 Å². The van der Waals surface area contributed by atoms with Crippen molar-refractivity contribution in [3.63, 3.8) is 0 Å². The number of hydrogen-bond donors (Lipinski definition) is 2. The summed E-state index contributed by atoms with van der Waals surface area (Å²) in [5.74, 6) is -1.29. The topological polar surface area (TPSA) is 122 Å². The van der Waals surface area contributed by atoms with Gasteiger partial charge in [0.15, 0.2) is 6.61 Å². The summed E-state index contributed by atoms with van der Waals surface area (Å²) >= 11 is 0. The summed E-state index contributed by atoms with van der Waals surface area (Å²) in [7, 11) is 0. The van der Waals surface area contributed by atoms with Crippen molar-refractivity contribution in [3.8, 4) is 0 Å². The Morgan fingerprint density at radius 2 is 1.93 bits per heavy atom. The molecular formula is C19H21N3O6. The third-order valence-electron chi connectivity index (χ3n) is 3.87. The van der Waals surface area contributed by atoms with E-state index in [1.54, 1.807) is 31.2 Å². The number of anilines is 2. The molecular weight excluding hydrogens is 366 g/mol. The number of esters is 1. The lowest BCUT2D eigenvalue weighted by Gasteiger charge is -2.21. The molecule has 148 valence electrons. The first kappa shape index (κ1) is 20.8. The minimum Gasteiger partial charge on any atom is -0.452 e. The normalized spacial score (nSPS) is 10.2. The summed E-state index contributed by atoms with van der Waals surface area (Å²) in [6, 6.07) is 12.6. The van der Waals surface area contributed by atoms with Gasteiger partial charge in [-0.05, 0) is 25.1 Å². The lowest BCUT2D eigenvalue weighted by Crippen LogP contribution is -2.34. The predicted molar refractivity (Wildman–Crippen MR) is 103 cm³/mol. The molecule has 0 aliphatic heterocycles. The standard InChI is InChI=1S/C19H21N3O6/c1-2-21(14-6-4-3-5-7-14)18(24)13-28-19(25)16-12-15(22(26)27)8-9-17(16)20-10-11-23/h3-9,12,20,23H,2,10-11,13H2,1H3. The second-order valence-electron chi connectivity index (χ2n) is 5.69. The smallest absolute Gasteiger partial charge is 0.341 e. The molecule has 0 aromatic heterocycles. The third-order valence-corrected chi connectivity index (χ3v) is 3.87. The number of nitrogens with zero attached hydrogens (tertiary/aromatic N) is 2. The van der Waals surface area contributed by atoms with Gasteiger partial charge in [0.25, 0.3) is 11.6 Å². The van der Waals surface area contributed by atoms with Crippen LogP contribution in [0.4, 0.5) is 17.1 Å². The third kappa shape index (κ3) is 5.27. The maximum Gasteiger partial charge on any atom is 0.341 e. The Labute approximate surface area is 161 Å². The molecule has 9 nitrogen and oxygen atoms in total. The number of amides is 1. The van der Waals surface area contributed by atoms with Crippen molar-refractivity contribution in [2.45, 2.75) is 6.92 Å². The summed E-state index contributed by atoms with van der Waals surface area (Å²) in [6.07, 6.45) is 0.